The van der Waals surface area contributed by atoms with Crippen LogP contribution in [0, 0.1) is 0 Å². The van der Waals surface area contributed by atoms with Gasteiger partial charge in [-0.05, 0) is 12.1 Å². The van der Waals surface area contributed by atoms with E-state index in [1.165, 1.54) is 0 Å². The summed E-state index contributed by atoms with van der Waals surface area (Å²) in [6.45, 7) is 2.45. The van der Waals surface area contributed by atoms with Crippen molar-refractivity contribution in [3.63, 3.8) is 0 Å². The van der Waals surface area contributed by atoms with E-state index in [0.717, 1.165) is 36.0 Å². The Labute approximate surface area is 98.5 Å². The lowest BCUT2D eigenvalue weighted by molar-refractivity contribution is 0.580. The maximum atomic E-state index is 5.39. The number of nitrogens with two attached hydrogens (primary N) is 1. The van der Waals surface area contributed by atoms with Crippen molar-refractivity contribution in [3.05, 3.63) is 28.8 Å². The van der Waals surface area contributed by atoms with Crippen LogP contribution in [-0.2, 0) is 6.42 Å². The molecular formula is C11H15N3OS. The predicted molar refractivity (Wildman–Crippen MR) is 65.4 cm³/mol. The van der Waals surface area contributed by atoms with Gasteiger partial charge in [-0.25, -0.2) is 4.98 Å². The lowest BCUT2D eigenvalue weighted by atomic mass is 10.3. The molecule has 2 aromatic heterocycles. The standard InChI is InChI=1S/C11H15N3OS/c12-4-6-13-5-3-11-14-9(8-16-11)10-2-1-7-15-10/h1-2,7-8,13H,3-6,12H2. The highest BCUT2D eigenvalue weighted by atomic mass is 32.1. The monoisotopic (exact) mass is 237 g/mol. The smallest absolute Gasteiger partial charge is 0.153 e. The SMILES string of the molecule is NCCNCCc1nc(-c2ccco2)cs1. The van der Waals surface area contributed by atoms with E-state index in [9.17, 15) is 0 Å². The Bertz CT molecular complexity index is 411. The minimum Gasteiger partial charge on any atom is -0.463 e. The van der Waals surface area contributed by atoms with Crippen molar-refractivity contribution in [1.29, 1.82) is 0 Å². The Morgan fingerprint density at radius 2 is 2.38 bits per heavy atom. The summed E-state index contributed by atoms with van der Waals surface area (Å²) >= 11 is 1.66. The first-order chi connectivity index (χ1) is 7.90. The van der Waals surface area contributed by atoms with Gasteiger partial charge in [-0.3, -0.25) is 0 Å². The van der Waals surface area contributed by atoms with Crippen LogP contribution in [0.5, 0.6) is 0 Å². The third-order valence-corrected chi connectivity index (χ3v) is 3.07. The predicted octanol–water partition coefficient (Wildman–Crippen LogP) is 1.49. The van der Waals surface area contributed by atoms with Gasteiger partial charge in [-0.15, -0.1) is 11.3 Å². The molecule has 5 heteroatoms. The first-order valence-corrected chi connectivity index (χ1v) is 6.17. The highest BCUT2D eigenvalue weighted by Gasteiger charge is 2.05. The van der Waals surface area contributed by atoms with Crippen LogP contribution in [0.1, 0.15) is 5.01 Å². The Kier molecular flexibility index (Phi) is 4.10. The number of aromatic nitrogens is 1. The van der Waals surface area contributed by atoms with Crippen LogP contribution in [0.25, 0.3) is 11.5 Å². The molecule has 0 spiro atoms. The largest absolute Gasteiger partial charge is 0.463 e. The van der Waals surface area contributed by atoms with E-state index in [-0.39, 0.29) is 0 Å². The summed E-state index contributed by atoms with van der Waals surface area (Å²) in [6.07, 6.45) is 2.60. The van der Waals surface area contributed by atoms with E-state index in [1.54, 1.807) is 17.6 Å². The number of rotatable bonds is 6. The number of hydrogen-bond donors (Lipinski definition) is 2. The molecule has 2 heterocycles. The van der Waals surface area contributed by atoms with Gasteiger partial charge in [0, 0.05) is 31.4 Å². The number of furan rings is 1. The molecule has 2 rings (SSSR count). The minimum atomic E-state index is 0.676. The molecule has 4 nitrogen and oxygen atoms in total. The van der Waals surface area contributed by atoms with Crippen LogP contribution in [0.4, 0.5) is 0 Å². The van der Waals surface area contributed by atoms with Crippen molar-refractivity contribution >= 4 is 11.3 Å². The Morgan fingerprint density at radius 1 is 1.44 bits per heavy atom. The molecule has 86 valence electrons. The van der Waals surface area contributed by atoms with E-state index >= 15 is 0 Å². The van der Waals surface area contributed by atoms with Crippen LogP contribution in [0.2, 0.25) is 0 Å². The molecule has 0 saturated carbocycles. The lowest BCUT2D eigenvalue weighted by Gasteiger charge is -1.99. The highest BCUT2D eigenvalue weighted by molar-refractivity contribution is 7.09. The first kappa shape index (κ1) is 11.3. The van der Waals surface area contributed by atoms with E-state index in [1.807, 2.05) is 17.5 Å². The fourth-order valence-corrected chi connectivity index (χ4v) is 2.17. The third-order valence-electron chi connectivity index (χ3n) is 2.16. The Morgan fingerprint density at radius 3 is 3.12 bits per heavy atom. The topological polar surface area (TPSA) is 64.1 Å². The van der Waals surface area contributed by atoms with Crippen molar-refractivity contribution in [2.75, 3.05) is 19.6 Å². The van der Waals surface area contributed by atoms with Gasteiger partial charge >= 0.3 is 0 Å². The Balaban J connectivity index is 1.88. The first-order valence-electron chi connectivity index (χ1n) is 5.29. The summed E-state index contributed by atoms with van der Waals surface area (Å²) in [7, 11) is 0. The lowest BCUT2D eigenvalue weighted by Crippen LogP contribution is -2.24. The molecular weight excluding hydrogens is 222 g/mol. The normalized spacial score (nSPS) is 10.8. The van der Waals surface area contributed by atoms with Gasteiger partial charge in [0.25, 0.3) is 0 Å². The molecule has 0 unspecified atom stereocenters. The van der Waals surface area contributed by atoms with E-state index in [2.05, 4.69) is 10.3 Å². The average molecular weight is 237 g/mol. The zero-order valence-electron chi connectivity index (χ0n) is 8.98. The summed E-state index contributed by atoms with van der Waals surface area (Å²) in [6, 6.07) is 3.79. The number of nitrogens with one attached hydrogen (secondary N) is 1. The fourth-order valence-electron chi connectivity index (χ4n) is 1.39. The summed E-state index contributed by atoms with van der Waals surface area (Å²) in [5.41, 5.74) is 6.31. The number of hydrogen-bond acceptors (Lipinski definition) is 5. The van der Waals surface area contributed by atoms with Crippen LogP contribution >= 0.6 is 11.3 Å². The summed E-state index contributed by atoms with van der Waals surface area (Å²) < 4.78 is 5.29. The van der Waals surface area contributed by atoms with Gasteiger partial charge in [0.15, 0.2) is 5.76 Å². The molecule has 0 aromatic carbocycles. The number of thiazole rings is 1. The second-order valence-electron chi connectivity index (χ2n) is 3.39. The molecule has 0 amide bonds. The number of nitrogens with zero attached hydrogens (tertiary/aromatic N) is 1. The van der Waals surface area contributed by atoms with E-state index in [0.29, 0.717) is 6.54 Å². The van der Waals surface area contributed by atoms with Gasteiger partial charge in [-0.1, -0.05) is 0 Å². The second-order valence-corrected chi connectivity index (χ2v) is 4.34. The molecule has 0 radical (unpaired) electrons. The quantitative estimate of drug-likeness (QED) is 0.747. The van der Waals surface area contributed by atoms with Crippen molar-refractivity contribution in [2.45, 2.75) is 6.42 Å². The van der Waals surface area contributed by atoms with E-state index < -0.39 is 0 Å². The molecule has 0 aliphatic rings. The van der Waals surface area contributed by atoms with Crippen molar-refractivity contribution in [3.8, 4) is 11.5 Å². The van der Waals surface area contributed by atoms with Gasteiger partial charge < -0.3 is 15.5 Å². The molecule has 16 heavy (non-hydrogen) atoms. The van der Waals surface area contributed by atoms with Crippen LogP contribution in [-0.4, -0.2) is 24.6 Å². The maximum absolute atomic E-state index is 5.39. The third kappa shape index (κ3) is 2.91. The van der Waals surface area contributed by atoms with Crippen LogP contribution in [0.3, 0.4) is 0 Å². The zero-order valence-corrected chi connectivity index (χ0v) is 9.80. The molecule has 0 atom stereocenters. The molecule has 0 saturated heterocycles. The van der Waals surface area contributed by atoms with E-state index in [4.69, 9.17) is 10.2 Å². The summed E-state index contributed by atoms with van der Waals surface area (Å²) in [4.78, 5) is 4.50. The van der Waals surface area contributed by atoms with Crippen LogP contribution in [0.15, 0.2) is 28.2 Å². The summed E-state index contributed by atoms with van der Waals surface area (Å²) in [5, 5.41) is 6.39. The summed E-state index contributed by atoms with van der Waals surface area (Å²) in [5.74, 6) is 0.831. The second kappa shape index (κ2) is 5.79. The highest BCUT2D eigenvalue weighted by Crippen LogP contribution is 2.22. The van der Waals surface area contributed by atoms with Crippen molar-refractivity contribution < 1.29 is 4.42 Å². The maximum Gasteiger partial charge on any atom is 0.153 e. The molecule has 3 N–H and O–H groups in total. The van der Waals surface area contributed by atoms with Crippen molar-refractivity contribution in [2.24, 2.45) is 5.73 Å². The molecule has 0 aliphatic heterocycles. The molecule has 0 aliphatic carbocycles. The molecule has 2 aromatic rings. The molecule has 0 fully saturated rings. The van der Waals surface area contributed by atoms with Gasteiger partial charge in [0.05, 0.1) is 11.3 Å². The van der Waals surface area contributed by atoms with Gasteiger partial charge in [0.1, 0.15) is 5.69 Å². The van der Waals surface area contributed by atoms with Crippen LogP contribution < -0.4 is 11.1 Å². The van der Waals surface area contributed by atoms with Gasteiger partial charge in [0.2, 0.25) is 0 Å². The Hall–Kier alpha value is -1.17. The van der Waals surface area contributed by atoms with Gasteiger partial charge in [-0.2, -0.15) is 0 Å². The molecule has 0 bridgehead atoms. The van der Waals surface area contributed by atoms with Crippen molar-refractivity contribution in [1.82, 2.24) is 10.3 Å². The zero-order chi connectivity index (χ0) is 11.2. The average Bonchev–Trinajstić information content (AvgIpc) is 2.94. The fraction of sp³-hybridized carbons (Fsp3) is 0.364. The minimum absolute atomic E-state index is 0.676.